The lowest BCUT2D eigenvalue weighted by Crippen LogP contribution is -1.94. The first-order valence-electron chi connectivity index (χ1n) is 4.84. The normalized spacial score (nSPS) is 10.1. The summed E-state index contributed by atoms with van der Waals surface area (Å²) in [6.07, 6.45) is 1.73. The zero-order valence-electron chi connectivity index (χ0n) is 8.74. The summed E-state index contributed by atoms with van der Waals surface area (Å²) < 4.78 is 0. The van der Waals surface area contributed by atoms with Gasteiger partial charge in [-0.1, -0.05) is 22.9 Å². The van der Waals surface area contributed by atoms with E-state index in [0.717, 1.165) is 9.92 Å². The van der Waals surface area contributed by atoms with Crippen molar-refractivity contribution in [2.24, 2.45) is 0 Å². The first kappa shape index (κ1) is 12.0. The summed E-state index contributed by atoms with van der Waals surface area (Å²) in [6.45, 7) is 0. The van der Waals surface area contributed by atoms with Crippen LogP contribution in [-0.2, 0) is 0 Å². The van der Waals surface area contributed by atoms with E-state index in [1.165, 1.54) is 21.6 Å². The highest BCUT2D eigenvalue weighted by molar-refractivity contribution is 8.76. The van der Waals surface area contributed by atoms with Crippen LogP contribution >= 0.6 is 21.6 Å². The lowest BCUT2D eigenvalue weighted by atomic mass is 10.2. The van der Waals surface area contributed by atoms with E-state index in [1.54, 1.807) is 24.4 Å². The number of hydrogen-bond donors (Lipinski definition) is 1. The van der Waals surface area contributed by atoms with Crippen molar-refractivity contribution in [2.45, 2.75) is 9.92 Å². The average Bonchev–Trinajstić information content (AvgIpc) is 2.38. The van der Waals surface area contributed by atoms with Gasteiger partial charge in [0.25, 0.3) is 0 Å². The van der Waals surface area contributed by atoms with Crippen molar-refractivity contribution in [3.63, 3.8) is 0 Å². The molecule has 0 bridgehead atoms. The fourth-order valence-corrected chi connectivity index (χ4v) is 3.05. The highest BCUT2D eigenvalue weighted by atomic mass is 33.1. The molecule has 0 amide bonds. The minimum Gasteiger partial charge on any atom is -0.478 e. The van der Waals surface area contributed by atoms with Gasteiger partial charge in [0, 0.05) is 11.1 Å². The molecule has 86 valence electrons. The number of hydrogen-bond acceptors (Lipinski definition) is 4. The van der Waals surface area contributed by atoms with Gasteiger partial charge in [-0.15, -0.1) is 0 Å². The zero-order chi connectivity index (χ0) is 12.1. The van der Waals surface area contributed by atoms with Gasteiger partial charge in [-0.3, -0.25) is 0 Å². The van der Waals surface area contributed by atoms with Crippen LogP contribution in [0.5, 0.6) is 0 Å². The maximum Gasteiger partial charge on any atom is 0.335 e. The van der Waals surface area contributed by atoms with Crippen LogP contribution in [0.25, 0.3) is 0 Å². The van der Waals surface area contributed by atoms with Crippen LogP contribution in [0.15, 0.2) is 58.6 Å². The molecule has 0 aliphatic carbocycles. The van der Waals surface area contributed by atoms with Crippen LogP contribution in [0.3, 0.4) is 0 Å². The van der Waals surface area contributed by atoms with E-state index in [-0.39, 0.29) is 0 Å². The Bertz CT molecular complexity index is 517. The van der Waals surface area contributed by atoms with Crippen molar-refractivity contribution in [1.29, 1.82) is 0 Å². The monoisotopic (exact) mass is 263 g/mol. The topological polar surface area (TPSA) is 50.2 Å². The van der Waals surface area contributed by atoms with E-state index in [4.69, 9.17) is 5.11 Å². The molecule has 0 unspecified atom stereocenters. The van der Waals surface area contributed by atoms with Gasteiger partial charge in [-0.05, 0) is 41.1 Å². The van der Waals surface area contributed by atoms with Gasteiger partial charge in [-0.25, -0.2) is 9.78 Å². The maximum atomic E-state index is 10.8. The van der Waals surface area contributed by atoms with Crippen molar-refractivity contribution in [3.8, 4) is 0 Å². The molecule has 17 heavy (non-hydrogen) atoms. The largest absolute Gasteiger partial charge is 0.478 e. The lowest BCUT2D eigenvalue weighted by molar-refractivity contribution is 0.0696. The number of carbonyl (C=O) groups is 1. The molecule has 1 heterocycles. The van der Waals surface area contributed by atoms with Crippen LogP contribution in [0.2, 0.25) is 0 Å². The molecule has 5 heteroatoms. The zero-order valence-corrected chi connectivity index (χ0v) is 10.4. The molecular formula is C12H9NO2S2. The molecule has 0 saturated carbocycles. The molecule has 3 nitrogen and oxygen atoms in total. The minimum atomic E-state index is -0.907. The standard InChI is InChI=1S/C12H9NO2S2/c14-12(15)9-4-3-5-10(8-9)16-17-11-6-1-2-7-13-11/h1-8H,(H,14,15). The minimum absolute atomic E-state index is 0.302. The fourth-order valence-electron chi connectivity index (χ4n) is 1.17. The van der Waals surface area contributed by atoms with Gasteiger partial charge < -0.3 is 5.11 Å². The Balaban J connectivity index is 2.04. The number of pyridine rings is 1. The van der Waals surface area contributed by atoms with Crippen molar-refractivity contribution in [3.05, 3.63) is 54.2 Å². The second-order valence-electron chi connectivity index (χ2n) is 3.17. The first-order valence-corrected chi connectivity index (χ1v) is 6.99. The number of aromatic nitrogens is 1. The molecule has 0 atom stereocenters. The third-order valence-electron chi connectivity index (χ3n) is 1.94. The Morgan fingerprint density at radius 1 is 1.12 bits per heavy atom. The lowest BCUT2D eigenvalue weighted by Gasteiger charge is -2.01. The third kappa shape index (κ3) is 3.51. The van der Waals surface area contributed by atoms with Crippen LogP contribution < -0.4 is 0 Å². The Labute approximate surface area is 107 Å². The summed E-state index contributed by atoms with van der Waals surface area (Å²) >= 11 is 0. The van der Waals surface area contributed by atoms with Crippen molar-refractivity contribution < 1.29 is 9.90 Å². The number of aromatic carboxylic acids is 1. The van der Waals surface area contributed by atoms with Crippen LogP contribution in [0, 0.1) is 0 Å². The van der Waals surface area contributed by atoms with Gasteiger partial charge >= 0.3 is 5.97 Å². The van der Waals surface area contributed by atoms with Gasteiger partial charge in [-0.2, -0.15) is 0 Å². The van der Waals surface area contributed by atoms with E-state index >= 15 is 0 Å². The predicted molar refractivity (Wildman–Crippen MR) is 69.4 cm³/mol. The second-order valence-corrected chi connectivity index (χ2v) is 5.39. The summed E-state index contributed by atoms with van der Waals surface area (Å²) in [7, 11) is 3.00. The molecule has 0 aliphatic rings. The SMILES string of the molecule is O=C(O)c1cccc(SSc2ccccn2)c1. The Morgan fingerprint density at radius 2 is 2.00 bits per heavy atom. The van der Waals surface area contributed by atoms with Crippen LogP contribution in [0.1, 0.15) is 10.4 Å². The van der Waals surface area contributed by atoms with E-state index in [2.05, 4.69) is 4.98 Å². The van der Waals surface area contributed by atoms with Crippen molar-refractivity contribution in [2.75, 3.05) is 0 Å². The number of rotatable bonds is 4. The molecule has 1 aromatic carbocycles. The Hall–Kier alpha value is -1.46. The summed E-state index contributed by atoms with van der Waals surface area (Å²) in [6, 6.07) is 12.6. The Morgan fingerprint density at radius 3 is 2.71 bits per heavy atom. The van der Waals surface area contributed by atoms with Gasteiger partial charge in [0.05, 0.1) is 5.56 Å². The molecule has 0 radical (unpaired) electrons. The predicted octanol–water partition coefficient (Wildman–Crippen LogP) is 3.58. The molecule has 2 rings (SSSR count). The summed E-state index contributed by atoms with van der Waals surface area (Å²) in [5, 5.41) is 9.77. The number of nitrogens with zero attached hydrogens (tertiary/aromatic N) is 1. The highest BCUT2D eigenvalue weighted by Crippen LogP contribution is 2.36. The fraction of sp³-hybridized carbons (Fsp3) is 0. The third-order valence-corrected chi connectivity index (χ3v) is 4.22. The van der Waals surface area contributed by atoms with Crippen molar-refractivity contribution >= 4 is 27.6 Å². The number of carboxylic acids is 1. The van der Waals surface area contributed by atoms with E-state index in [9.17, 15) is 4.79 Å². The van der Waals surface area contributed by atoms with Crippen LogP contribution in [0.4, 0.5) is 0 Å². The number of benzene rings is 1. The molecule has 0 fully saturated rings. The van der Waals surface area contributed by atoms with Crippen LogP contribution in [-0.4, -0.2) is 16.1 Å². The van der Waals surface area contributed by atoms with Gasteiger partial charge in [0.2, 0.25) is 0 Å². The maximum absolute atomic E-state index is 10.8. The summed E-state index contributed by atoms with van der Waals surface area (Å²) in [4.78, 5) is 15.9. The first-order chi connectivity index (χ1) is 8.25. The molecule has 0 saturated heterocycles. The summed E-state index contributed by atoms with van der Waals surface area (Å²) in [5.41, 5.74) is 0.302. The van der Waals surface area contributed by atoms with Gasteiger partial charge in [0.1, 0.15) is 5.03 Å². The molecule has 0 spiro atoms. The van der Waals surface area contributed by atoms with Crippen molar-refractivity contribution in [1.82, 2.24) is 4.98 Å². The molecule has 1 aromatic heterocycles. The van der Waals surface area contributed by atoms with Gasteiger partial charge in [0.15, 0.2) is 0 Å². The Kier molecular flexibility index (Phi) is 4.06. The highest BCUT2D eigenvalue weighted by Gasteiger charge is 2.04. The molecular weight excluding hydrogens is 254 g/mol. The summed E-state index contributed by atoms with van der Waals surface area (Å²) in [5.74, 6) is -0.907. The van der Waals surface area contributed by atoms with E-state index in [0.29, 0.717) is 5.56 Å². The smallest absolute Gasteiger partial charge is 0.335 e. The molecule has 1 N–H and O–H groups in total. The molecule has 2 aromatic rings. The average molecular weight is 263 g/mol. The second kappa shape index (κ2) is 5.75. The quantitative estimate of drug-likeness (QED) is 0.854. The number of carboxylic acid groups (broad SMARTS) is 1. The van der Waals surface area contributed by atoms with E-state index in [1.807, 2.05) is 24.3 Å². The molecule has 0 aliphatic heterocycles. The van der Waals surface area contributed by atoms with E-state index < -0.39 is 5.97 Å².